The van der Waals surface area contributed by atoms with Crippen molar-refractivity contribution in [3.63, 3.8) is 0 Å². The number of aliphatic carboxylic acids is 2. The Morgan fingerprint density at radius 3 is 1.40 bits per heavy atom. The third kappa shape index (κ3) is 18.7. The summed E-state index contributed by atoms with van der Waals surface area (Å²) >= 11 is 20.2. The largest absolute Gasteiger partial charge is 0.480 e. The Morgan fingerprint density at radius 1 is 0.526 bits per heavy atom. The zero-order chi connectivity index (χ0) is 66.4. The Hall–Kier alpha value is -7.97. The van der Waals surface area contributed by atoms with Gasteiger partial charge >= 0.3 is 11.9 Å². The van der Waals surface area contributed by atoms with E-state index in [9.17, 15) is 24.3 Å². The Kier molecular flexibility index (Phi) is 25.2. The number of amides is 2. The average molecular weight is 1370 g/mol. The van der Waals surface area contributed by atoms with E-state index < -0.39 is 41.9 Å². The van der Waals surface area contributed by atoms with Gasteiger partial charge in [0.15, 0.2) is 0 Å². The molecule has 6 heterocycles. The fourth-order valence-corrected chi connectivity index (χ4v) is 13.1. The number of rotatable bonds is 15. The Morgan fingerprint density at radius 2 is 0.958 bits per heavy atom. The lowest BCUT2D eigenvalue weighted by atomic mass is 10.1. The van der Waals surface area contributed by atoms with Gasteiger partial charge in [-0.2, -0.15) is 0 Å². The van der Waals surface area contributed by atoms with Gasteiger partial charge in [0.05, 0.1) is 34.1 Å². The van der Waals surface area contributed by atoms with E-state index in [1.807, 2.05) is 72.8 Å². The summed E-state index contributed by atoms with van der Waals surface area (Å²) in [5.41, 5.74) is 22.4. The number of piperazine rings is 3. The van der Waals surface area contributed by atoms with E-state index in [1.54, 1.807) is 12.1 Å². The minimum Gasteiger partial charge on any atom is -0.480 e. The minimum atomic E-state index is -1.25. The molecule has 3 atom stereocenters. The number of aliphatic imine (C=N–C) groups is 3. The number of thioether (sulfide) groups is 1. The van der Waals surface area contributed by atoms with Gasteiger partial charge in [0.25, 0.3) is 0 Å². The van der Waals surface area contributed by atoms with E-state index in [0.29, 0.717) is 50.7 Å². The fraction of sp³-hybridized carbons (Fsp3) is 0.377. The number of halogens is 3. The first kappa shape index (κ1) is 71.3. The lowest BCUT2D eigenvalue weighted by Gasteiger charge is -2.34. The monoisotopic (exact) mass is 1370 g/mol. The van der Waals surface area contributed by atoms with Crippen LogP contribution >= 0.6 is 46.6 Å². The number of fused-ring (bicyclic) bond motifs is 6. The molecule has 3 unspecified atom stereocenters. The molecule has 6 aromatic rings. The molecule has 3 fully saturated rings. The number of benzene rings is 6. The molecule has 0 bridgehead atoms. The van der Waals surface area contributed by atoms with Gasteiger partial charge in [0.2, 0.25) is 11.8 Å². The molecule has 2 amide bonds. The number of likely N-dealkylation sites (N-methyl/N-ethyl adjacent to an activating group) is 3. The molecule has 6 aliphatic rings. The van der Waals surface area contributed by atoms with Crippen LogP contribution in [0.4, 0.5) is 51.2 Å². The number of nitrogens with one attached hydrogen (secondary N) is 5. The maximum absolute atomic E-state index is 13.5. The summed E-state index contributed by atoms with van der Waals surface area (Å²) in [6.07, 6.45) is 0.867. The summed E-state index contributed by atoms with van der Waals surface area (Å²) in [7, 11) is 6.42. The number of nitrogens with two attached hydrogens (primary N) is 2. The van der Waals surface area contributed by atoms with Crippen LogP contribution in [0, 0.1) is 0 Å². The van der Waals surface area contributed by atoms with Gasteiger partial charge in [-0.25, -0.2) is 19.8 Å². The van der Waals surface area contributed by atoms with E-state index in [-0.39, 0.29) is 32.4 Å². The second-order valence-corrected chi connectivity index (χ2v) is 26.3. The van der Waals surface area contributed by atoms with Gasteiger partial charge in [0, 0.05) is 144 Å². The number of hydrogen-bond acceptors (Lipinski definition) is 19. The summed E-state index contributed by atoms with van der Waals surface area (Å²) in [5, 5.41) is 36.4. The molecule has 6 aliphatic heterocycles. The van der Waals surface area contributed by atoms with Gasteiger partial charge in [-0.15, -0.1) is 11.8 Å². The second kappa shape index (κ2) is 33.6. The molecule has 504 valence electrons. The first-order valence-corrected chi connectivity index (χ1v) is 33.7. The summed E-state index contributed by atoms with van der Waals surface area (Å²) < 4.78 is 0. The molecule has 12 rings (SSSR count). The molecule has 11 N–H and O–H groups in total. The Bertz CT molecular complexity index is 3670. The molecule has 22 nitrogen and oxygen atoms in total. The van der Waals surface area contributed by atoms with Crippen molar-refractivity contribution in [3.05, 3.63) is 153 Å². The van der Waals surface area contributed by atoms with E-state index in [2.05, 4.69) is 114 Å². The number of anilines is 6. The third-order valence-corrected chi connectivity index (χ3v) is 18.8. The fourth-order valence-electron chi connectivity index (χ4n) is 11.4. The number of carbonyl (C=O) groups is 4. The second-order valence-electron chi connectivity index (χ2n) is 23.9. The molecular weight excluding hydrogens is 1290 g/mol. The van der Waals surface area contributed by atoms with Crippen LogP contribution in [0.15, 0.2) is 141 Å². The standard InChI is InChI=1S/C32H43ClN8O6S.2C18H19ClN4.CH4/c1-40-12-14-41(15-13-40)29-20-6-2-3-7-22(20)37-28-24(38-29)16-19(33)17-26(28)48-18-25(36-27(42)10-9-21(35)31(44)45)30(43)39-23(32(46)47)8-4-5-11-34;2*1-22-8-10-23(11-9-22)18-14-4-2-3-5-15(14)20-16-7-6-13(19)12-17(16)21-18;/h2-3,6-7,16-17,21,23,25,37H,4-5,8-15,18,34-35H2,1H3,(H,36,42)(H,39,43)(H,44,45)(H,46,47);2*2-7,12,20H,8-11H2,1H3;1H4. The zero-order valence-corrected chi connectivity index (χ0v) is 56.0. The smallest absolute Gasteiger partial charge is 0.326 e. The molecule has 26 heteroatoms. The van der Waals surface area contributed by atoms with Crippen molar-refractivity contribution in [2.45, 2.75) is 62.6 Å². The molecule has 0 saturated carbocycles. The summed E-state index contributed by atoms with van der Waals surface area (Å²) in [5.74, 6) is -0.860. The summed E-state index contributed by atoms with van der Waals surface area (Å²) in [6.45, 7) is 11.9. The van der Waals surface area contributed by atoms with Crippen LogP contribution in [0.1, 0.15) is 56.2 Å². The van der Waals surface area contributed by atoms with Gasteiger partial charge in [-0.3, -0.25) is 14.4 Å². The van der Waals surface area contributed by atoms with Gasteiger partial charge in [0.1, 0.15) is 35.6 Å². The van der Waals surface area contributed by atoms with Crippen LogP contribution in [0.5, 0.6) is 0 Å². The highest BCUT2D eigenvalue weighted by Gasteiger charge is 2.31. The van der Waals surface area contributed by atoms with Gasteiger partial charge < -0.3 is 77.7 Å². The molecule has 0 radical (unpaired) electrons. The summed E-state index contributed by atoms with van der Waals surface area (Å²) in [6, 6.07) is 36.1. The van der Waals surface area contributed by atoms with Crippen molar-refractivity contribution >= 4 is 139 Å². The van der Waals surface area contributed by atoms with Crippen LogP contribution in [0.3, 0.4) is 0 Å². The maximum atomic E-state index is 13.5. The van der Waals surface area contributed by atoms with Gasteiger partial charge in [-0.1, -0.05) is 78.6 Å². The SMILES string of the molecule is C.CN1CCN(C2=Nc3cc(Cl)cc(SCC(NC(=O)CCC(N)C(=O)O)C(=O)NC(CCCCN)C(=O)O)c3Nc3ccccc32)CC1.CN1CCN(C2=Nc3cc(Cl)ccc3Nc3ccccc32)CC1.CN1CCN(C2=Nc3cc(Cl)ccc3Nc3ccccc32)CC1. The van der Waals surface area contributed by atoms with Crippen molar-refractivity contribution in [1.29, 1.82) is 0 Å². The van der Waals surface area contributed by atoms with Crippen molar-refractivity contribution in [3.8, 4) is 0 Å². The number of carboxylic acids is 2. The molecule has 0 aliphatic carbocycles. The molecule has 95 heavy (non-hydrogen) atoms. The number of hydrogen-bond donors (Lipinski definition) is 9. The lowest BCUT2D eigenvalue weighted by Crippen LogP contribution is -2.52. The lowest BCUT2D eigenvalue weighted by molar-refractivity contribution is -0.142. The molecule has 6 aromatic carbocycles. The Balaban J connectivity index is 0.000000186. The predicted molar refractivity (Wildman–Crippen MR) is 386 cm³/mol. The normalized spacial score (nSPS) is 16.8. The zero-order valence-electron chi connectivity index (χ0n) is 53.0. The predicted octanol–water partition coefficient (Wildman–Crippen LogP) is 10.3. The first-order valence-electron chi connectivity index (χ1n) is 31.6. The highest BCUT2D eigenvalue weighted by molar-refractivity contribution is 7.99. The van der Waals surface area contributed by atoms with E-state index in [1.165, 1.54) is 11.8 Å². The van der Waals surface area contributed by atoms with E-state index >= 15 is 0 Å². The molecule has 3 saturated heterocycles. The molecule has 0 aromatic heterocycles. The number of carboxylic acid groups (broad SMARTS) is 2. The van der Waals surface area contributed by atoms with Crippen LogP contribution in [0.2, 0.25) is 15.1 Å². The highest BCUT2D eigenvalue weighted by Crippen LogP contribution is 2.44. The van der Waals surface area contributed by atoms with E-state index in [4.69, 9.17) is 66.4 Å². The topological polar surface area (TPSA) is 277 Å². The van der Waals surface area contributed by atoms with Crippen LogP contribution in [0.25, 0.3) is 0 Å². The third-order valence-electron chi connectivity index (χ3n) is 17.0. The molecular formula is C69H85Cl3N16O6S. The Labute approximate surface area is 575 Å². The van der Waals surface area contributed by atoms with Crippen molar-refractivity contribution in [1.82, 2.24) is 40.0 Å². The molecule has 0 spiro atoms. The van der Waals surface area contributed by atoms with Crippen molar-refractivity contribution < 1.29 is 29.4 Å². The first-order chi connectivity index (χ1) is 45.4. The minimum absolute atomic E-state index is 0. The van der Waals surface area contributed by atoms with Crippen molar-refractivity contribution in [2.75, 3.05) is 128 Å². The number of carbonyl (C=O) groups excluding carboxylic acids is 2. The number of amidine groups is 3. The van der Waals surface area contributed by atoms with Crippen LogP contribution in [-0.2, 0) is 19.2 Å². The van der Waals surface area contributed by atoms with Crippen LogP contribution < -0.4 is 38.1 Å². The summed E-state index contributed by atoms with van der Waals surface area (Å²) in [4.78, 5) is 79.1. The van der Waals surface area contributed by atoms with E-state index in [0.717, 1.165) is 153 Å². The number of nitrogens with zero attached hydrogens (tertiary/aromatic N) is 9. The number of para-hydroxylation sites is 3. The number of unbranched alkanes of at least 4 members (excludes halogenated alkanes) is 1. The van der Waals surface area contributed by atoms with Crippen molar-refractivity contribution in [2.24, 2.45) is 26.4 Å². The highest BCUT2D eigenvalue weighted by atomic mass is 35.5. The average Bonchev–Trinajstić information content (AvgIpc) is 1.68. The maximum Gasteiger partial charge on any atom is 0.326 e. The quantitative estimate of drug-likeness (QED) is 0.0341. The van der Waals surface area contributed by atoms with Gasteiger partial charge in [-0.05, 0) is 138 Å². The van der Waals surface area contributed by atoms with Crippen LogP contribution in [-0.4, -0.2) is 211 Å².